The van der Waals surface area contributed by atoms with Crippen LogP contribution in [0.2, 0.25) is 5.02 Å². The normalized spacial score (nSPS) is 10.8. The minimum absolute atomic E-state index is 0.131. The third kappa shape index (κ3) is 4.33. The van der Waals surface area contributed by atoms with Gasteiger partial charge in [0.25, 0.3) is 0 Å². The lowest BCUT2D eigenvalue weighted by atomic mass is 10.1. The molecule has 0 saturated heterocycles. The number of hydrogen-bond donors (Lipinski definition) is 1. The van der Waals surface area contributed by atoms with E-state index in [4.69, 9.17) is 11.6 Å². The summed E-state index contributed by atoms with van der Waals surface area (Å²) in [6.07, 6.45) is 0. The van der Waals surface area contributed by atoms with Crippen LogP contribution in [0.5, 0.6) is 5.75 Å². The molecule has 2 rings (SSSR count). The summed E-state index contributed by atoms with van der Waals surface area (Å²) in [5.74, 6) is 0.131. The fraction of sp³-hybridized carbons (Fsp3) is 0.250. The molecule has 0 saturated carbocycles. The van der Waals surface area contributed by atoms with Gasteiger partial charge in [-0.15, -0.1) is 0 Å². The number of anilines is 1. The molecule has 0 bridgehead atoms. The molecule has 0 aliphatic heterocycles. The van der Waals surface area contributed by atoms with E-state index >= 15 is 0 Å². The number of nitrogens with one attached hydrogen (secondary N) is 1. The molecule has 5 heteroatoms. The molecule has 0 unspecified atom stereocenters. The van der Waals surface area contributed by atoms with Crippen LogP contribution in [-0.2, 0) is 6.54 Å². The standard InChI is InChI=1S/C16H16ClF2NO/c1-10-3-5-14(11(2)7-10)20-9-12-8-13(17)4-6-15(12)21-16(18)19/h3-8,16,20H,9H2,1-2H3. The highest BCUT2D eigenvalue weighted by atomic mass is 35.5. The van der Waals surface area contributed by atoms with Crippen molar-refractivity contribution in [3.63, 3.8) is 0 Å². The molecule has 0 amide bonds. The molecule has 0 aliphatic rings. The molecule has 112 valence electrons. The van der Waals surface area contributed by atoms with Crippen molar-refractivity contribution in [2.24, 2.45) is 0 Å². The van der Waals surface area contributed by atoms with Crippen LogP contribution in [0.15, 0.2) is 36.4 Å². The van der Waals surface area contributed by atoms with Gasteiger partial charge in [0.1, 0.15) is 5.75 Å². The third-order valence-corrected chi connectivity index (χ3v) is 3.32. The molecule has 0 aliphatic carbocycles. The zero-order chi connectivity index (χ0) is 15.4. The Morgan fingerprint density at radius 2 is 1.90 bits per heavy atom. The minimum atomic E-state index is -2.86. The van der Waals surface area contributed by atoms with E-state index in [2.05, 4.69) is 16.1 Å². The fourth-order valence-corrected chi connectivity index (χ4v) is 2.29. The zero-order valence-corrected chi connectivity index (χ0v) is 12.5. The van der Waals surface area contributed by atoms with Crippen LogP contribution in [-0.4, -0.2) is 6.61 Å². The topological polar surface area (TPSA) is 21.3 Å². The van der Waals surface area contributed by atoms with Crippen LogP contribution in [0.25, 0.3) is 0 Å². The first-order valence-corrected chi connectivity index (χ1v) is 6.88. The molecule has 2 nitrogen and oxygen atoms in total. The van der Waals surface area contributed by atoms with Gasteiger partial charge in [-0.1, -0.05) is 29.3 Å². The molecule has 21 heavy (non-hydrogen) atoms. The maximum atomic E-state index is 12.4. The van der Waals surface area contributed by atoms with Crippen molar-refractivity contribution in [2.45, 2.75) is 27.0 Å². The highest BCUT2D eigenvalue weighted by molar-refractivity contribution is 6.30. The SMILES string of the molecule is Cc1ccc(NCc2cc(Cl)ccc2OC(F)F)c(C)c1. The second-order valence-electron chi connectivity index (χ2n) is 4.80. The molecule has 0 radical (unpaired) electrons. The summed E-state index contributed by atoms with van der Waals surface area (Å²) >= 11 is 5.92. The molecule has 1 N–H and O–H groups in total. The summed E-state index contributed by atoms with van der Waals surface area (Å²) in [5, 5.41) is 3.69. The van der Waals surface area contributed by atoms with Gasteiger partial charge < -0.3 is 10.1 Å². The Labute approximate surface area is 127 Å². The first-order valence-electron chi connectivity index (χ1n) is 6.50. The molecule has 0 atom stereocenters. The third-order valence-electron chi connectivity index (χ3n) is 3.09. The van der Waals surface area contributed by atoms with Gasteiger partial charge in [-0.2, -0.15) is 8.78 Å². The van der Waals surface area contributed by atoms with E-state index in [1.54, 1.807) is 6.07 Å². The monoisotopic (exact) mass is 311 g/mol. The summed E-state index contributed by atoms with van der Waals surface area (Å²) < 4.78 is 29.3. The average molecular weight is 312 g/mol. The Hall–Kier alpha value is -1.81. The van der Waals surface area contributed by atoms with Crippen LogP contribution < -0.4 is 10.1 Å². The van der Waals surface area contributed by atoms with E-state index in [9.17, 15) is 8.78 Å². The Morgan fingerprint density at radius 1 is 1.14 bits per heavy atom. The zero-order valence-electron chi connectivity index (χ0n) is 11.8. The summed E-state index contributed by atoms with van der Waals surface area (Å²) in [4.78, 5) is 0. The van der Waals surface area contributed by atoms with Crippen LogP contribution in [0, 0.1) is 13.8 Å². The fourth-order valence-electron chi connectivity index (χ4n) is 2.10. The van der Waals surface area contributed by atoms with Crippen LogP contribution in [0.1, 0.15) is 16.7 Å². The second-order valence-corrected chi connectivity index (χ2v) is 5.24. The van der Waals surface area contributed by atoms with E-state index < -0.39 is 6.61 Å². The van der Waals surface area contributed by atoms with Gasteiger partial charge in [0.15, 0.2) is 0 Å². The van der Waals surface area contributed by atoms with Gasteiger partial charge in [-0.25, -0.2) is 0 Å². The molecular weight excluding hydrogens is 296 g/mol. The van der Waals surface area contributed by atoms with Crippen molar-refractivity contribution in [1.82, 2.24) is 0 Å². The summed E-state index contributed by atoms with van der Waals surface area (Å²) in [5.41, 5.74) is 3.79. The summed E-state index contributed by atoms with van der Waals surface area (Å²) in [6, 6.07) is 10.6. The van der Waals surface area contributed by atoms with Crippen LogP contribution >= 0.6 is 11.6 Å². The first-order chi connectivity index (χ1) is 9.95. The number of hydrogen-bond acceptors (Lipinski definition) is 2. The molecular formula is C16H16ClF2NO. The van der Waals surface area contributed by atoms with E-state index in [0.29, 0.717) is 17.1 Å². The van der Waals surface area contributed by atoms with Gasteiger partial charge >= 0.3 is 6.61 Å². The average Bonchev–Trinajstić information content (AvgIpc) is 2.40. The molecule has 0 spiro atoms. The van der Waals surface area contributed by atoms with Crippen molar-refractivity contribution in [3.05, 3.63) is 58.1 Å². The Morgan fingerprint density at radius 3 is 2.57 bits per heavy atom. The predicted molar refractivity (Wildman–Crippen MR) is 81.3 cm³/mol. The van der Waals surface area contributed by atoms with Crippen molar-refractivity contribution >= 4 is 17.3 Å². The quantitative estimate of drug-likeness (QED) is 0.822. The number of benzene rings is 2. The molecule has 0 aromatic heterocycles. The highest BCUT2D eigenvalue weighted by Gasteiger charge is 2.10. The van der Waals surface area contributed by atoms with E-state index in [1.165, 1.54) is 17.7 Å². The van der Waals surface area contributed by atoms with Gasteiger partial charge in [0.05, 0.1) is 0 Å². The van der Waals surface area contributed by atoms with E-state index in [-0.39, 0.29) is 5.75 Å². The Balaban J connectivity index is 2.16. The van der Waals surface area contributed by atoms with Crippen LogP contribution in [0.4, 0.5) is 14.5 Å². The lowest BCUT2D eigenvalue weighted by Gasteiger charge is -2.14. The first kappa shape index (κ1) is 15.6. The largest absolute Gasteiger partial charge is 0.434 e. The van der Waals surface area contributed by atoms with Crippen molar-refractivity contribution in [3.8, 4) is 5.75 Å². The predicted octanol–water partition coefficient (Wildman–Crippen LogP) is 5.17. The second kappa shape index (κ2) is 6.76. The van der Waals surface area contributed by atoms with E-state index in [1.807, 2.05) is 26.0 Å². The lowest BCUT2D eigenvalue weighted by molar-refractivity contribution is -0.0504. The van der Waals surface area contributed by atoms with Gasteiger partial charge in [-0.3, -0.25) is 0 Å². The Kier molecular flexibility index (Phi) is 5.02. The maximum Gasteiger partial charge on any atom is 0.387 e. The number of aryl methyl sites for hydroxylation is 2. The number of rotatable bonds is 5. The van der Waals surface area contributed by atoms with Crippen molar-refractivity contribution < 1.29 is 13.5 Å². The smallest absolute Gasteiger partial charge is 0.387 e. The molecule has 0 heterocycles. The summed E-state index contributed by atoms with van der Waals surface area (Å²) in [6.45, 7) is 1.50. The molecule has 2 aromatic rings. The minimum Gasteiger partial charge on any atom is -0.434 e. The van der Waals surface area contributed by atoms with Crippen LogP contribution in [0.3, 0.4) is 0 Å². The van der Waals surface area contributed by atoms with E-state index in [0.717, 1.165) is 11.3 Å². The lowest BCUT2D eigenvalue weighted by Crippen LogP contribution is -2.07. The van der Waals surface area contributed by atoms with Gasteiger partial charge in [0.2, 0.25) is 0 Å². The van der Waals surface area contributed by atoms with Gasteiger partial charge in [0, 0.05) is 22.8 Å². The number of alkyl halides is 2. The maximum absolute atomic E-state index is 12.4. The van der Waals surface area contributed by atoms with Crippen molar-refractivity contribution in [2.75, 3.05) is 5.32 Å². The molecule has 0 fully saturated rings. The molecule has 2 aromatic carbocycles. The number of ether oxygens (including phenoxy) is 1. The highest BCUT2D eigenvalue weighted by Crippen LogP contribution is 2.26. The van der Waals surface area contributed by atoms with Gasteiger partial charge in [-0.05, 0) is 43.7 Å². The number of halogens is 3. The van der Waals surface area contributed by atoms with Crippen molar-refractivity contribution in [1.29, 1.82) is 0 Å². The Bertz CT molecular complexity index is 632. The summed E-state index contributed by atoms with van der Waals surface area (Å²) in [7, 11) is 0.